The number of benzene rings is 1. The van der Waals surface area contributed by atoms with Gasteiger partial charge in [0.15, 0.2) is 0 Å². The fourth-order valence-corrected chi connectivity index (χ4v) is 2.66. The number of aromatic nitrogens is 1. The third-order valence-electron chi connectivity index (χ3n) is 3.75. The number of amides is 1. The first-order valence-electron chi connectivity index (χ1n) is 10.0. The Morgan fingerprint density at radius 3 is 3.09 bits per heavy atom. The van der Waals surface area contributed by atoms with Crippen LogP contribution >= 0.6 is 0 Å². The van der Waals surface area contributed by atoms with Crippen LogP contribution in [0.2, 0.25) is 0 Å². The summed E-state index contributed by atoms with van der Waals surface area (Å²) in [4.78, 5) is 14.2. The summed E-state index contributed by atoms with van der Waals surface area (Å²) in [7, 11) is 0. The number of alkyl carbamates (subject to hydrolysis) is 1. The topological polar surface area (TPSA) is 77.2 Å². The van der Waals surface area contributed by atoms with E-state index in [1.54, 1.807) is 6.20 Å². The maximum atomic E-state index is 12.7. The van der Waals surface area contributed by atoms with Gasteiger partial charge in [-0.25, -0.2) is 4.79 Å². The van der Waals surface area contributed by atoms with Gasteiger partial charge in [0, 0.05) is 23.5 Å². The summed E-state index contributed by atoms with van der Waals surface area (Å²) in [6.45, 7) is -6.73. The molecule has 1 aliphatic rings. The Labute approximate surface area is 137 Å². The average Bonchev–Trinajstić information content (AvgIpc) is 3.16. The molecule has 1 aromatic carbocycles. The van der Waals surface area contributed by atoms with E-state index >= 15 is 0 Å². The molecule has 2 aromatic rings. The Morgan fingerprint density at radius 2 is 2.36 bits per heavy atom. The quantitative estimate of drug-likeness (QED) is 0.654. The molecule has 2 N–H and O–H groups in total. The molecule has 0 saturated carbocycles. The summed E-state index contributed by atoms with van der Waals surface area (Å²) in [5.41, 5.74) is 2.38. The molecule has 6 heteroatoms. The van der Waals surface area contributed by atoms with Crippen LogP contribution in [-0.2, 0) is 17.6 Å². The molecular formula is C16H21N3O3. The molecular weight excluding hydrogens is 282 g/mol. The number of carbonyl (C=O) groups excluding carboxylic acids is 1. The number of fused-ring (bicyclic) bond motifs is 1. The van der Waals surface area contributed by atoms with Crippen molar-refractivity contribution in [3.63, 3.8) is 0 Å². The number of quaternary nitrogens is 1. The van der Waals surface area contributed by atoms with Gasteiger partial charge in [0.1, 0.15) is 6.61 Å². The Hall–Kier alpha value is -2.05. The van der Waals surface area contributed by atoms with Crippen molar-refractivity contribution in [1.82, 2.24) is 10.3 Å². The highest BCUT2D eigenvalue weighted by atomic mass is 16.6. The Bertz CT molecular complexity index is 863. The molecule has 0 aliphatic carbocycles. The van der Waals surface area contributed by atoms with Crippen molar-refractivity contribution in [3.8, 4) is 0 Å². The largest absolute Gasteiger partial charge is 0.633 e. The molecule has 2 heterocycles. The lowest BCUT2D eigenvalue weighted by molar-refractivity contribution is -0.839. The summed E-state index contributed by atoms with van der Waals surface area (Å²) in [6, 6.07) is 5.49. The van der Waals surface area contributed by atoms with Crippen molar-refractivity contribution in [3.05, 3.63) is 40.7 Å². The standard InChI is InChI=1S/C16H21N3O3/c1-19(2,21)6-5-12-9-17-15-4-3-11(8-14(12)15)7-13-10-22-16(20)18-13/h3-4,8-9,13,17H,5-7,10H2,1-2H3,(H,18,20)/t13-/m1/s1/i1D3,2D3. The van der Waals surface area contributed by atoms with Crippen LogP contribution in [-0.4, -0.2) is 48.9 Å². The van der Waals surface area contributed by atoms with Crippen LogP contribution in [0.4, 0.5) is 4.79 Å². The zero-order valence-corrected chi connectivity index (χ0v) is 11.9. The zero-order valence-electron chi connectivity index (χ0n) is 17.9. The summed E-state index contributed by atoms with van der Waals surface area (Å²) < 4.78 is 46.9. The van der Waals surface area contributed by atoms with Gasteiger partial charge >= 0.3 is 6.09 Å². The number of aromatic amines is 1. The van der Waals surface area contributed by atoms with E-state index in [-0.39, 0.29) is 19.1 Å². The lowest BCUT2D eigenvalue weighted by Crippen LogP contribution is -2.34. The third kappa shape index (κ3) is 3.40. The second kappa shape index (κ2) is 5.62. The third-order valence-corrected chi connectivity index (χ3v) is 3.75. The molecule has 0 bridgehead atoms. The number of cyclic esters (lactones) is 1. The van der Waals surface area contributed by atoms with Gasteiger partial charge in [0.2, 0.25) is 0 Å². The monoisotopic (exact) mass is 309 g/mol. The fourth-order valence-electron chi connectivity index (χ4n) is 2.66. The Morgan fingerprint density at radius 1 is 1.50 bits per heavy atom. The van der Waals surface area contributed by atoms with Crippen LogP contribution in [0.3, 0.4) is 0 Å². The van der Waals surface area contributed by atoms with Crippen molar-refractivity contribution in [2.24, 2.45) is 0 Å². The van der Waals surface area contributed by atoms with E-state index in [0.717, 1.165) is 16.5 Å². The predicted octanol–water partition coefficient (Wildman–Crippen LogP) is 1.94. The number of H-pyrrole nitrogens is 1. The molecule has 22 heavy (non-hydrogen) atoms. The Balaban J connectivity index is 1.81. The number of hydrogen-bond donors (Lipinski definition) is 2. The molecule has 0 unspecified atom stereocenters. The summed E-state index contributed by atoms with van der Waals surface area (Å²) in [6.07, 6.45) is 1.75. The highest BCUT2D eigenvalue weighted by Crippen LogP contribution is 2.22. The van der Waals surface area contributed by atoms with Gasteiger partial charge in [-0.3, -0.25) is 0 Å². The molecule has 3 rings (SSSR count). The number of rotatable bonds is 5. The van der Waals surface area contributed by atoms with Gasteiger partial charge in [-0.05, 0) is 29.7 Å². The maximum absolute atomic E-state index is 12.7. The van der Waals surface area contributed by atoms with E-state index in [1.165, 1.54) is 0 Å². The molecule has 1 aromatic heterocycles. The van der Waals surface area contributed by atoms with E-state index in [1.807, 2.05) is 18.2 Å². The second-order valence-corrected chi connectivity index (χ2v) is 5.55. The number of carbonyl (C=O) groups is 1. The number of nitrogens with one attached hydrogen (secondary N) is 2. The van der Waals surface area contributed by atoms with Crippen LogP contribution < -0.4 is 5.32 Å². The molecule has 1 saturated heterocycles. The average molecular weight is 309 g/mol. The molecule has 1 aliphatic heterocycles. The van der Waals surface area contributed by atoms with Gasteiger partial charge in [0.25, 0.3) is 0 Å². The Kier molecular flexibility index (Phi) is 2.34. The summed E-state index contributed by atoms with van der Waals surface area (Å²) >= 11 is 0. The summed E-state index contributed by atoms with van der Waals surface area (Å²) in [5.74, 6) is 0. The SMILES string of the molecule is [2H]C([2H])([2H])[N+]([O-])(CCc1c[nH]c2ccc(C[C@@H]3COC(=O)N3)cc12)C([2H])([2H])[2H]. The van der Waals surface area contributed by atoms with Crippen molar-refractivity contribution < 1.29 is 22.4 Å². The van der Waals surface area contributed by atoms with Crippen LogP contribution in [0.25, 0.3) is 10.9 Å². The van der Waals surface area contributed by atoms with Gasteiger partial charge in [-0.15, -0.1) is 0 Å². The number of ether oxygens (including phenoxy) is 1. The van der Waals surface area contributed by atoms with Gasteiger partial charge in [-0.2, -0.15) is 0 Å². The first kappa shape index (κ1) is 9.17. The smallest absolute Gasteiger partial charge is 0.407 e. The molecule has 1 fully saturated rings. The normalized spacial score (nSPS) is 23.7. The number of hydrogen-bond acceptors (Lipinski definition) is 3. The number of hydroxylamine groups is 3. The van der Waals surface area contributed by atoms with Gasteiger partial charge < -0.3 is 24.9 Å². The van der Waals surface area contributed by atoms with E-state index in [2.05, 4.69) is 10.3 Å². The first-order chi connectivity index (χ1) is 12.9. The predicted molar refractivity (Wildman–Crippen MR) is 84.3 cm³/mol. The fraction of sp³-hybridized carbons (Fsp3) is 0.438. The van der Waals surface area contributed by atoms with E-state index < -0.39 is 31.2 Å². The van der Waals surface area contributed by atoms with Gasteiger partial charge in [-0.1, -0.05) is 6.07 Å². The van der Waals surface area contributed by atoms with Crippen LogP contribution in [0.1, 0.15) is 19.4 Å². The minimum absolute atomic E-state index is 0.00694. The molecule has 1 atom stereocenters. The number of likely N-dealkylation sites (N-methyl/N-ethyl adjacent to an activating group) is 1. The first-order valence-corrected chi connectivity index (χ1v) is 7.02. The maximum Gasteiger partial charge on any atom is 0.407 e. The van der Waals surface area contributed by atoms with Gasteiger partial charge in [0.05, 0.1) is 34.8 Å². The van der Waals surface area contributed by atoms with Crippen molar-refractivity contribution in [2.45, 2.75) is 18.9 Å². The molecule has 0 spiro atoms. The highest BCUT2D eigenvalue weighted by molar-refractivity contribution is 5.84. The number of nitrogens with zero attached hydrogens (tertiary/aromatic N) is 1. The molecule has 1 amide bonds. The molecule has 6 nitrogen and oxygen atoms in total. The van der Waals surface area contributed by atoms with Crippen LogP contribution in [0, 0.1) is 5.21 Å². The van der Waals surface area contributed by atoms with Crippen molar-refractivity contribution >= 4 is 17.0 Å². The zero-order chi connectivity index (χ0) is 20.7. The lowest BCUT2D eigenvalue weighted by atomic mass is 10.0. The second-order valence-electron chi connectivity index (χ2n) is 5.55. The van der Waals surface area contributed by atoms with E-state index in [9.17, 15) is 10.0 Å². The van der Waals surface area contributed by atoms with E-state index in [4.69, 9.17) is 13.0 Å². The minimum Gasteiger partial charge on any atom is -0.633 e. The van der Waals surface area contributed by atoms with Crippen molar-refractivity contribution in [1.29, 1.82) is 0 Å². The summed E-state index contributed by atoms with van der Waals surface area (Å²) in [5, 5.41) is 16.1. The highest BCUT2D eigenvalue weighted by Gasteiger charge is 2.22. The molecule has 118 valence electrons. The van der Waals surface area contributed by atoms with Crippen LogP contribution in [0.15, 0.2) is 24.4 Å². The minimum atomic E-state index is -3.21. The molecule has 0 radical (unpaired) electrons. The van der Waals surface area contributed by atoms with Crippen molar-refractivity contribution in [2.75, 3.05) is 27.1 Å². The van der Waals surface area contributed by atoms with Crippen LogP contribution in [0.5, 0.6) is 0 Å². The van der Waals surface area contributed by atoms with E-state index in [0.29, 0.717) is 12.0 Å². The lowest BCUT2D eigenvalue weighted by Gasteiger charge is -2.33.